The summed E-state index contributed by atoms with van der Waals surface area (Å²) in [4.78, 5) is 18.7. The number of sulfonamides is 1. The summed E-state index contributed by atoms with van der Waals surface area (Å²) < 4.78 is 46.6. The molecule has 0 radical (unpaired) electrons. The predicted molar refractivity (Wildman–Crippen MR) is 115 cm³/mol. The Morgan fingerprint density at radius 3 is 2.84 bits per heavy atom. The molecular formula is C20H26ClFN4O4S. The first-order valence-corrected chi connectivity index (χ1v) is 12.1. The van der Waals surface area contributed by atoms with Gasteiger partial charge in [-0.05, 0) is 44.2 Å². The Balaban J connectivity index is 1.66. The zero-order chi connectivity index (χ0) is 22.6. The van der Waals surface area contributed by atoms with Gasteiger partial charge in [-0.25, -0.2) is 17.8 Å². The molecule has 2 aromatic rings. The zero-order valence-electron chi connectivity index (χ0n) is 17.4. The van der Waals surface area contributed by atoms with E-state index >= 15 is 0 Å². The van der Waals surface area contributed by atoms with Gasteiger partial charge in [-0.15, -0.1) is 4.83 Å². The molecule has 1 heterocycles. The molecule has 1 aliphatic carbocycles. The van der Waals surface area contributed by atoms with E-state index in [0.29, 0.717) is 24.3 Å². The van der Waals surface area contributed by atoms with Gasteiger partial charge in [0.2, 0.25) is 10.0 Å². The second-order valence-corrected chi connectivity index (χ2v) is 9.87. The molecule has 1 saturated carbocycles. The maximum absolute atomic E-state index is 14.5. The number of nitrogens with one attached hydrogen (secondary N) is 2. The van der Waals surface area contributed by atoms with E-state index in [1.807, 2.05) is 6.92 Å². The summed E-state index contributed by atoms with van der Waals surface area (Å²) in [5, 5.41) is -0.264. The monoisotopic (exact) mass is 472 g/mol. The van der Waals surface area contributed by atoms with Crippen LogP contribution in [0.3, 0.4) is 0 Å². The van der Waals surface area contributed by atoms with E-state index in [2.05, 4.69) is 15.2 Å². The van der Waals surface area contributed by atoms with Crippen molar-refractivity contribution in [3.8, 4) is 11.3 Å². The highest BCUT2D eigenvalue weighted by molar-refractivity contribution is 7.89. The summed E-state index contributed by atoms with van der Waals surface area (Å²) >= 11 is 5.94. The van der Waals surface area contributed by atoms with Gasteiger partial charge in [-0.2, -0.15) is 0 Å². The van der Waals surface area contributed by atoms with E-state index in [9.17, 15) is 17.6 Å². The number of benzene rings is 1. The number of hydrazine groups is 1. The molecule has 0 bridgehead atoms. The van der Waals surface area contributed by atoms with E-state index in [4.69, 9.17) is 16.3 Å². The first-order chi connectivity index (χ1) is 14.7. The van der Waals surface area contributed by atoms with Crippen LogP contribution in [0.1, 0.15) is 43.0 Å². The average molecular weight is 473 g/mol. The minimum Gasteiger partial charge on any atom is -0.378 e. The summed E-state index contributed by atoms with van der Waals surface area (Å²) in [5.41, 5.74) is 2.63. The van der Waals surface area contributed by atoms with Crippen LogP contribution >= 0.6 is 11.6 Å². The number of aryl methyl sites for hydroxylation is 1. The molecule has 8 nitrogen and oxygen atoms in total. The molecule has 2 N–H and O–H groups in total. The summed E-state index contributed by atoms with van der Waals surface area (Å²) in [7, 11) is -2.04. The van der Waals surface area contributed by atoms with Crippen LogP contribution in [0.25, 0.3) is 11.3 Å². The largest absolute Gasteiger partial charge is 0.378 e. The number of hydrogen-bond donors (Lipinski definition) is 2. The maximum Gasteiger partial charge on any atom is 0.269 e. The van der Waals surface area contributed by atoms with Gasteiger partial charge < -0.3 is 9.30 Å². The highest BCUT2D eigenvalue weighted by Crippen LogP contribution is 2.28. The van der Waals surface area contributed by atoms with Gasteiger partial charge in [-0.1, -0.05) is 18.0 Å². The number of ether oxygens (including phenoxy) is 1. The third-order valence-corrected chi connectivity index (χ3v) is 6.78. The van der Waals surface area contributed by atoms with Crippen molar-refractivity contribution in [2.75, 3.05) is 12.4 Å². The highest BCUT2D eigenvalue weighted by Gasteiger charge is 2.27. The molecule has 1 aliphatic rings. The molecule has 0 unspecified atom stereocenters. The van der Waals surface area contributed by atoms with Gasteiger partial charge in [0, 0.05) is 25.4 Å². The molecule has 1 fully saturated rings. The maximum atomic E-state index is 14.5. The number of imidazole rings is 1. The SMILES string of the molecule is CCO[C@@H]1CCC[C@H](CS(=O)(=O)NNC(=O)c2cc(-c3cn(C)cn3)cc(Cl)c2F)C1. The Kier molecular flexibility index (Phi) is 7.68. The molecule has 0 spiro atoms. The number of aromatic nitrogens is 2. The lowest BCUT2D eigenvalue weighted by atomic mass is 9.88. The van der Waals surface area contributed by atoms with Crippen molar-refractivity contribution in [2.45, 2.75) is 38.7 Å². The Hall–Kier alpha value is -2.01. The lowest BCUT2D eigenvalue weighted by Crippen LogP contribution is -2.44. The molecule has 31 heavy (non-hydrogen) atoms. The normalized spacial score (nSPS) is 19.4. The van der Waals surface area contributed by atoms with Crippen molar-refractivity contribution < 1.29 is 22.3 Å². The van der Waals surface area contributed by atoms with Gasteiger partial charge in [0.1, 0.15) is 0 Å². The number of carbonyl (C=O) groups is 1. The van der Waals surface area contributed by atoms with E-state index in [0.717, 1.165) is 19.3 Å². The van der Waals surface area contributed by atoms with Gasteiger partial charge in [0.05, 0.1) is 34.5 Å². The second-order valence-electron chi connectivity index (χ2n) is 7.69. The summed E-state index contributed by atoms with van der Waals surface area (Å²) in [6.45, 7) is 2.50. The van der Waals surface area contributed by atoms with Crippen molar-refractivity contribution in [3.05, 3.63) is 41.1 Å². The van der Waals surface area contributed by atoms with Crippen LogP contribution in [-0.2, 0) is 21.8 Å². The second kappa shape index (κ2) is 10.1. The van der Waals surface area contributed by atoms with E-state index in [1.54, 1.807) is 24.1 Å². The zero-order valence-corrected chi connectivity index (χ0v) is 19.0. The van der Waals surface area contributed by atoms with Crippen LogP contribution < -0.4 is 10.3 Å². The number of rotatable bonds is 8. The summed E-state index contributed by atoms with van der Waals surface area (Å²) in [6.07, 6.45) is 6.53. The van der Waals surface area contributed by atoms with Crippen molar-refractivity contribution >= 4 is 27.5 Å². The van der Waals surface area contributed by atoms with Crippen molar-refractivity contribution in [3.63, 3.8) is 0 Å². The smallest absolute Gasteiger partial charge is 0.269 e. The van der Waals surface area contributed by atoms with Crippen molar-refractivity contribution in [2.24, 2.45) is 13.0 Å². The number of halogens is 2. The first-order valence-electron chi connectivity index (χ1n) is 10.1. The Morgan fingerprint density at radius 2 is 2.16 bits per heavy atom. The molecule has 0 aliphatic heterocycles. The molecule has 1 amide bonds. The lowest BCUT2D eigenvalue weighted by molar-refractivity contribution is 0.0236. The predicted octanol–water partition coefficient (Wildman–Crippen LogP) is 3.04. The van der Waals surface area contributed by atoms with Crippen LogP contribution in [0, 0.1) is 11.7 Å². The molecule has 3 rings (SSSR count). The van der Waals surface area contributed by atoms with E-state index < -0.39 is 21.7 Å². The third-order valence-electron chi connectivity index (χ3n) is 5.19. The number of amides is 1. The molecule has 1 aromatic carbocycles. The summed E-state index contributed by atoms with van der Waals surface area (Å²) in [5.74, 6) is -2.10. The molecule has 2 atom stereocenters. The van der Waals surface area contributed by atoms with Crippen LogP contribution in [0.4, 0.5) is 4.39 Å². The fourth-order valence-corrected chi connectivity index (χ4v) is 5.26. The van der Waals surface area contributed by atoms with Crippen molar-refractivity contribution in [1.82, 2.24) is 19.8 Å². The molecular weight excluding hydrogens is 447 g/mol. The van der Waals surface area contributed by atoms with Gasteiger partial charge >= 0.3 is 0 Å². The number of nitrogens with zero attached hydrogens (tertiary/aromatic N) is 2. The molecule has 11 heteroatoms. The standard InChI is InChI=1S/C20H26ClFN4O4S/c1-3-30-15-6-4-5-13(7-15)11-31(28,29)25-24-20(27)16-8-14(9-17(21)19(16)22)18-10-26(2)12-23-18/h8-10,12-13,15,25H,3-7,11H2,1-2H3,(H,24,27)/t13-,15+/m0/s1. The van der Waals surface area contributed by atoms with Gasteiger partial charge in [0.25, 0.3) is 5.91 Å². The third kappa shape index (κ3) is 6.25. The van der Waals surface area contributed by atoms with Gasteiger partial charge in [-0.3, -0.25) is 10.2 Å². The minimum absolute atomic E-state index is 0.0547. The Labute approximate surface area is 186 Å². The fourth-order valence-electron chi connectivity index (χ4n) is 3.79. The van der Waals surface area contributed by atoms with E-state index in [-0.39, 0.29) is 28.4 Å². The lowest BCUT2D eigenvalue weighted by Gasteiger charge is -2.28. The fraction of sp³-hybridized carbons (Fsp3) is 0.500. The molecule has 0 saturated heterocycles. The first kappa shape index (κ1) is 23.6. The van der Waals surface area contributed by atoms with Crippen LogP contribution in [-0.4, -0.2) is 42.3 Å². The topological polar surface area (TPSA) is 102 Å². The molecule has 170 valence electrons. The summed E-state index contributed by atoms with van der Waals surface area (Å²) in [6, 6.07) is 2.64. The Morgan fingerprint density at radius 1 is 1.39 bits per heavy atom. The number of hydrogen-bond acceptors (Lipinski definition) is 5. The van der Waals surface area contributed by atoms with Gasteiger partial charge in [0.15, 0.2) is 5.82 Å². The highest BCUT2D eigenvalue weighted by atomic mass is 35.5. The number of carbonyl (C=O) groups excluding carboxylic acids is 1. The quantitative estimate of drug-likeness (QED) is 0.575. The average Bonchev–Trinajstić information content (AvgIpc) is 3.15. The Bertz CT molecular complexity index is 1040. The minimum atomic E-state index is -3.81. The van der Waals surface area contributed by atoms with Crippen LogP contribution in [0.15, 0.2) is 24.7 Å². The molecule has 1 aromatic heterocycles. The van der Waals surface area contributed by atoms with Crippen LogP contribution in [0.2, 0.25) is 5.02 Å². The van der Waals surface area contributed by atoms with Crippen molar-refractivity contribution in [1.29, 1.82) is 0 Å². The van der Waals surface area contributed by atoms with Crippen LogP contribution in [0.5, 0.6) is 0 Å². The van der Waals surface area contributed by atoms with E-state index in [1.165, 1.54) is 12.1 Å².